The van der Waals surface area contributed by atoms with Gasteiger partial charge in [-0.3, -0.25) is 0 Å². The van der Waals surface area contributed by atoms with Gasteiger partial charge in [0.1, 0.15) is 0 Å². The van der Waals surface area contributed by atoms with E-state index in [1.165, 1.54) is 4.88 Å². The number of ether oxygens (including phenoxy) is 1. The van der Waals surface area contributed by atoms with E-state index < -0.39 is 0 Å². The van der Waals surface area contributed by atoms with Crippen molar-refractivity contribution >= 4 is 29.0 Å². The Kier molecular flexibility index (Phi) is 5.48. The van der Waals surface area contributed by atoms with Crippen LogP contribution in [0.25, 0.3) is 0 Å². The molecule has 0 spiro atoms. The third-order valence-electron chi connectivity index (χ3n) is 3.17. The first-order valence-electron chi connectivity index (χ1n) is 6.55. The number of carbonyl (C=O) groups is 1. The van der Waals surface area contributed by atoms with Gasteiger partial charge in [0.05, 0.1) is 16.5 Å². The Labute approximate surface area is 122 Å². The van der Waals surface area contributed by atoms with Crippen molar-refractivity contribution in [2.24, 2.45) is 0 Å². The molecular weight excluding hydrogens is 284 g/mol. The molecule has 1 saturated heterocycles. The molecule has 2 rings (SSSR count). The van der Waals surface area contributed by atoms with Gasteiger partial charge in [0.15, 0.2) is 0 Å². The Balaban J connectivity index is 1.64. The van der Waals surface area contributed by atoms with Crippen molar-refractivity contribution in [1.29, 1.82) is 0 Å². The minimum absolute atomic E-state index is 0.0543. The zero-order chi connectivity index (χ0) is 13.7. The van der Waals surface area contributed by atoms with Crippen LogP contribution in [0.5, 0.6) is 0 Å². The van der Waals surface area contributed by atoms with Crippen molar-refractivity contribution in [1.82, 2.24) is 10.6 Å². The van der Waals surface area contributed by atoms with Gasteiger partial charge in [-0.15, -0.1) is 11.3 Å². The molecule has 0 saturated carbocycles. The van der Waals surface area contributed by atoms with Crippen LogP contribution in [-0.2, 0) is 11.2 Å². The summed E-state index contributed by atoms with van der Waals surface area (Å²) in [7, 11) is 0. The lowest BCUT2D eigenvalue weighted by Crippen LogP contribution is -2.46. The van der Waals surface area contributed by atoms with Crippen LogP contribution < -0.4 is 10.6 Å². The Bertz CT molecular complexity index is 419. The molecule has 19 heavy (non-hydrogen) atoms. The predicted molar refractivity (Wildman–Crippen MR) is 78.0 cm³/mol. The number of rotatable bonds is 5. The van der Waals surface area contributed by atoms with Crippen LogP contribution in [-0.4, -0.2) is 31.3 Å². The molecule has 106 valence electrons. The minimum atomic E-state index is -0.134. The lowest BCUT2D eigenvalue weighted by Gasteiger charge is -2.20. The first kappa shape index (κ1) is 14.6. The Morgan fingerprint density at radius 1 is 1.63 bits per heavy atom. The SMILES string of the molecule is CC(NC(=O)NCCc1ccc(Cl)s1)C1CCCO1. The van der Waals surface area contributed by atoms with Crippen LogP contribution >= 0.6 is 22.9 Å². The van der Waals surface area contributed by atoms with E-state index in [0.717, 1.165) is 30.2 Å². The highest BCUT2D eigenvalue weighted by molar-refractivity contribution is 7.16. The normalized spacial score (nSPS) is 20.2. The maximum absolute atomic E-state index is 11.7. The summed E-state index contributed by atoms with van der Waals surface area (Å²) in [5.74, 6) is 0. The van der Waals surface area contributed by atoms with E-state index in [9.17, 15) is 4.79 Å². The molecule has 1 aromatic heterocycles. The highest BCUT2D eigenvalue weighted by Crippen LogP contribution is 2.21. The number of halogens is 1. The fourth-order valence-electron chi connectivity index (χ4n) is 2.13. The standard InChI is InChI=1S/C13H19ClN2O2S/c1-9(11-3-2-8-18-11)16-13(17)15-7-6-10-4-5-12(14)19-10/h4-5,9,11H,2-3,6-8H2,1H3,(H2,15,16,17). The molecule has 2 N–H and O–H groups in total. The zero-order valence-electron chi connectivity index (χ0n) is 10.9. The summed E-state index contributed by atoms with van der Waals surface area (Å²) in [4.78, 5) is 12.9. The molecule has 2 atom stereocenters. The second-order valence-corrected chi connectivity index (χ2v) is 6.50. The first-order chi connectivity index (χ1) is 9.15. The van der Waals surface area contributed by atoms with Gasteiger partial charge >= 0.3 is 6.03 Å². The van der Waals surface area contributed by atoms with Gasteiger partial charge < -0.3 is 15.4 Å². The molecular formula is C13H19ClN2O2S. The summed E-state index contributed by atoms with van der Waals surface area (Å²) < 4.78 is 6.32. The van der Waals surface area contributed by atoms with Crippen molar-refractivity contribution in [3.63, 3.8) is 0 Å². The maximum atomic E-state index is 11.7. The van der Waals surface area contributed by atoms with E-state index in [2.05, 4.69) is 10.6 Å². The van der Waals surface area contributed by atoms with Gasteiger partial charge in [0.25, 0.3) is 0 Å². The number of hydrogen-bond donors (Lipinski definition) is 2. The van der Waals surface area contributed by atoms with Gasteiger partial charge in [-0.05, 0) is 38.3 Å². The molecule has 0 radical (unpaired) electrons. The minimum Gasteiger partial charge on any atom is -0.376 e. The summed E-state index contributed by atoms with van der Waals surface area (Å²) >= 11 is 7.40. The highest BCUT2D eigenvalue weighted by atomic mass is 35.5. The van der Waals surface area contributed by atoms with Crippen molar-refractivity contribution in [3.8, 4) is 0 Å². The molecule has 6 heteroatoms. The number of nitrogens with one attached hydrogen (secondary N) is 2. The quantitative estimate of drug-likeness (QED) is 0.879. The molecule has 0 aliphatic carbocycles. The number of urea groups is 1. The summed E-state index contributed by atoms with van der Waals surface area (Å²) in [5.41, 5.74) is 0. The molecule has 4 nitrogen and oxygen atoms in total. The zero-order valence-corrected chi connectivity index (χ0v) is 12.5. The van der Waals surface area contributed by atoms with E-state index in [1.807, 2.05) is 19.1 Å². The van der Waals surface area contributed by atoms with E-state index in [4.69, 9.17) is 16.3 Å². The smallest absolute Gasteiger partial charge is 0.315 e. The molecule has 0 bridgehead atoms. The molecule has 0 aromatic carbocycles. The van der Waals surface area contributed by atoms with Gasteiger partial charge in [0.2, 0.25) is 0 Å². The summed E-state index contributed by atoms with van der Waals surface area (Å²) in [6.45, 7) is 3.40. The predicted octanol–water partition coefficient (Wildman–Crippen LogP) is 2.81. The fourth-order valence-corrected chi connectivity index (χ4v) is 3.22. The number of carbonyl (C=O) groups excluding carboxylic acids is 1. The van der Waals surface area contributed by atoms with Crippen LogP contribution in [0.4, 0.5) is 4.79 Å². The molecule has 2 heterocycles. The van der Waals surface area contributed by atoms with Crippen molar-refractivity contribution in [2.75, 3.05) is 13.2 Å². The van der Waals surface area contributed by atoms with E-state index in [-0.39, 0.29) is 18.2 Å². The van der Waals surface area contributed by atoms with Crippen LogP contribution in [0.3, 0.4) is 0 Å². The second kappa shape index (κ2) is 7.12. The van der Waals surface area contributed by atoms with Crippen molar-refractivity contribution < 1.29 is 9.53 Å². The summed E-state index contributed by atoms with van der Waals surface area (Å²) in [6, 6.07) is 3.78. The average molecular weight is 303 g/mol. The Morgan fingerprint density at radius 2 is 2.47 bits per heavy atom. The van der Waals surface area contributed by atoms with Crippen molar-refractivity contribution in [2.45, 2.75) is 38.3 Å². The van der Waals surface area contributed by atoms with Crippen LogP contribution in [0.15, 0.2) is 12.1 Å². The molecule has 2 amide bonds. The van der Waals surface area contributed by atoms with Gasteiger partial charge in [-0.1, -0.05) is 11.6 Å². The molecule has 1 fully saturated rings. The second-order valence-electron chi connectivity index (χ2n) is 4.70. The molecule has 2 unspecified atom stereocenters. The lowest BCUT2D eigenvalue weighted by molar-refractivity contribution is 0.0860. The van der Waals surface area contributed by atoms with Gasteiger partial charge in [-0.2, -0.15) is 0 Å². The van der Waals surface area contributed by atoms with E-state index in [0.29, 0.717) is 6.54 Å². The van der Waals surface area contributed by atoms with E-state index in [1.54, 1.807) is 11.3 Å². The largest absolute Gasteiger partial charge is 0.376 e. The summed E-state index contributed by atoms with van der Waals surface area (Å²) in [5, 5.41) is 5.77. The van der Waals surface area contributed by atoms with Crippen LogP contribution in [0, 0.1) is 0 Å². The summed E-state index contributed by atoms with van der Waals surface area (Å²) in [6.07, 6.45) is 3.06. The maximum Gasteiger partial charge on any atom is 0.315 e. The van der Waals surface area contributed by atoms with Crippen LogP contribution in [0.2, 0.25) is 4.34 Å². The molecule has 1 aliphatic heterocycles. The third-order valence-corrected chi connectivity index (χ3v) is 4.46. The lowest BCUT2D eigenvalue weighted by atomic mass is 10.1. The van der Waals surface area contributed by atoms with Crippen molar-refractivity contribution in [3.05, 3.63) is 21.3 Å². The Morgan fingerprint density at radius 3 is 3.11 bits per heavy atom. The fraction of sp³-hybridized carbons (Fsp3) is 0.615. The van der Waals surface area contributed by atoms with Gasteiger partial charge in [-0.25, -0.2) is 4.79 Å². The van der Waals surface area contributed by atoms with Gasteiger partial charge in [0, 0.05) is 18.0 Å². The monoisotopic (exact) mass is 302 g/mol. The topological polar surface area (TPSA) is 50.4 Å². The third kappa shape index (κ3) is 4.67. The molecule has 1 aromatic rings. The number of amides is 2. The first-order valence-corrected chi connectivity index (χ1v) is 7.75. The van der Waals surface area contributed by atoms with E-state index >= 15 is 0 Å². The number of thiophene rings is 1. The average Bonchev–Trinajstić information content (AvgIpc) is 3.00. The Hall–Kier alpha value is -0.780. The highest BCUT2D eigenvalue weighted by Gasteiger charge is 2.23. The molecule has 1 aliphatic rings. The van der Waals surface area contributed by atoms with Crippen LogP contribution in [0.1, 0.15) is 24.6 Å². The number of hydrogen-bond acceptors (Lipinski definition) is 3.